The number of anilines is 1. The van der Waals surface area contributed by atoms with Crippen molar-refractivity contribution in [2.45, 2.75) is 30.0 Å². The summed E-state index contributed by atoms with van der Waals surface area (Å²) in [5.74, 6) is -1.78. The molecule has 0 aromatic heterocycles. The number of alkyl halides is 5. The van der Waals surface area contributed by atoms with Crippen molar-refractivity contribution in [3.8, 4) is 5.75 Å². The molecule has 43 heavy (non-hydrogen) atoms. The Morgan fingerprint density at radius 2 is 1.77 bits per heavy atom. The number of carbonyl (C=O) groups excluding carboxylic acids is 2. The summed E-state index contributed by atoms with van der Waals surface area (Å²) < 4.78 is 99.0. The number of halogens is 7. The zero-order valence-electron chi connectivity index (χ0n) is 21.8. The van der Waals surface area contributed by atoms with E-state index in [4.69, 9.17) is 27.9 Å². The fraction of sp³-hybridized carbons (Fsp3) is 0.259. The number of amides is 2. The third-order valence-corrected chi connectivity index (χ3v) is 8.66. The van der Waals surface area contributed by atoms with Gasteiger partial charge in [0.1, 0.15) is 12.4 Å². The molecule has 1 aliphatic rings. The van der Waals surface area contributed by atoms with E-state index < -0.39 is 59.0 Å². The second kappa shape index (κ2) is 12.9. The minimum atomic E-state index is -4.79. The van der Waals surface area contributed by atoms with E-state index in [0.29, 0.717) is 12.1 Å². The standard InChI is InChI=1S/C27H22Cl2F5N3O5S/c28-17-2-1-3-18(12-17)43(40,41)37-8-9-42-23-7-4-15(10-22(23)37)26(39)36-21(13-25(38)35-14-24(30)31)19-11-16(27(32,33)34)5-6-20(19)29/h1-7,10-12,21,24H,8-9,13-14H2,(H,35,38)(H,36,39)/t21-/m0/s1. The van der Waals surface area contributed by atoms with E-state index in [1.807, 2.05) is 5.32 Å². The van der Waals surface area contributed by atoms with E-state index in [1.165, 1.54) is 42.5 Å². The molecule has 2 amide bonds. The van der Waals surface area contributed by atoms with Gasteiger partial charge in [0.25, 0.3) is 22.4 Å². The van der Waals surface area contributed by atoms with Crippen molar-refractivity contribution in [2.75, 3.05) is 24.0 Å². The monoisotopic (exact) mass is 665 g/mol. The summed E-state index contributed by atoms with van der Waals surface area (Å²) in [5.41, 5.74) is -1.55. The van der Waals surface area contributed by atoms with Gasteiger partial charge in [-0.15, -0.1) is 0 Å². The molecule has 0 saturated carbocycles. The van der Waals surface area contributed by atoms with Crippen LogP contribution in [0.2, 0.25) is 10.0 Å². The minimum Gasteiger partial charge on any atom is -0.489 e. The van der Waals surface area contributed by atoms with Gasteiger partial charge >= 0.3 is 6.18 Å². The van der Waals surface area contributed by atoms with Crippen molar-refractivity contribution in [2.24, 2.45) is 0 Å². The van der Waals surface area contributed by atoms with Crippen molar-refractivity contribution in [3.63, 3.8) is 0 Å². The molecular formula is C27H22Cl2F5N3O5S. The second-order valence-electron chi connectivity index (χ2n) is 9.22. The molecule has 1 aliphatic heterocycles. The van der Waals surface area contributed by atoms with Crippen LogP contribution in [0.5, 0.6) is 5.75 Å². The van der Waals surface area contributed by atoms with Crippen LogP contribution >= 0.6 is 23.2 Å². The molecule has 0 aliphatic carbocycles. The Kier molecular flexibility index (Phi) is 9.72. The highest BCUT2D eigenvalue weighted by Gasteiger charge is 2.34. The summed E-state index contributed by atoms with van der Waals surface area (Å²) in [6.45, 7) is -1.13. The van der Waals surface area contributed by atoms with Crippen molar-refractivity contribution in [1.29, 1.82) is 0 Å². The molecule has 8 nitrogen and oxygen atoms in total. The minimum absolute atomic E-state index is 0.00204. The van der Waals surface area contributed by atoms with Crippen molar-refractivity contribution in [3.05, 3.63) is 87.4 Å². The Morgan fingerprint density at radius 1 is 1.02 bits per heavy atom. The molecule has 0 radical (unpaired) electrons. The number of benzene rings is 3. The van der Waals surface area contributed by atoms with Crippen molar-refractivity contribution < 1.29 is 44.7 Å². The third-order valence-electron chi connectivity index (χ3n) is 6.27. The Labute approximate surface area is 252 Å². The van der Waals surface area contributed by atoms with Crippen LogP contribution in [-0.2, 0) is 21.0 Å². The van der Waals surface area contributed by atoms with Crippen molar-refractivity contribution >= 4 is 50.7 Å². The lowest BCUT2D eigenvalue weighted by atomic mass is 9.99. The number of nitrogens with zero attached hydrogens (tertiary/aromatic N) is 1. The summed E-state index contributed by atoms with van der Waals surface area (Å²) in [6, 6.07) is 10.2. The Bertz CT molecular complexity index is 1640. The molecule has 0 saturated heterocycles. The van der Waals surface area contributed by atoms with Gasteiger partial charge in [-0.25, -0.2) is 17.2 Å². The first-order valence-electron chi connectivity index (χ1n) is 12.4. The number of ether oxygens (including phenoxy) is 1. The van der Waals surface area contributed by atoms with Gasteiger partial charge in [0.15, 0.2) is 0 Å². The van der Waals surface area contributed by atoms with Gasteiger partial charge < -0.3 is 15.4 Å². The SMILES string of the molecule is O=C(C[C@H](NC(=O)c1ccc2c(c1)N(S(=O)(=O)c1cccc(Cl)c1)CCO2)c1cc(C(F)(F)F)ccc1Cl)NCC(F)F. The molecule has 2 N–H and O–H groups in total. The quantitative estimate of drug-likeness (QED) is 0.280. The van der Waals surface area contributed by atoms with Crippen LogP contribution in [-0.4, -0.2) is 46.4 Å². The maximum absolute atomic E-state index is 13.4. The van der Waals surface area contributed by atoms with Gasteiger partial charge in [0, 0.05) is 15.6 Å². The first-order chi connectivity index (χ1) is 20.2. The number of fused-ring (bicyclic) bond motifs is 1. The molecule has 230 valence electrons. The van der Waals surface area contributed by atoms with Gasteiger partial charge in [0.05, 0.1) is 41.7 Å². The Morgan fingerprint density at radius 3 is 2.44 bits per heavy atom. The van der Waals surface area contributed by atoms with Crippen LogP contribution < -0.4 is 19.7 Å². The first kappa shape index (κ1) is 32.3. The van der Waals surface area contributed by atoms with Crippen LogP contribution in [0.25, 0.3) is 0 Å². The van der Waals surface area contributed by atoms with Gasteiger partial charge in [0.2, 0.25) is 5.91 Å². The molecule has 0 bridgehead atoms. The summed E-state index contributed by atoms with van der Waals surface area (Å²) in [5, 5.41) is 4.32. The lowest BCUT2D eigenvalue weighted by Crippen LogP contribution is -2.38. The van der Waals surface area contributed by atoms with Gasteiger partial charge in [-0.2, -0.15) is 13.2 Å². The highest BCUT2D eigenvalue weighted by molar-refractivity contribution is 7.92. The zero-order chi connectivity index (χ0) is 31.5. The summed E-state index contributed by atoms with van der Waals surface area (Å²) in [6.07, 6.45) is -8.41. The summed E-state index contributed by atoms with van der Waals surface area (Å²) in [4.78, 5) is 25.6. The average Bonchev–Trinajstić information content (AvgIpc) is 2.94. The van der Waals surface area contributed by atoms with Crippen LogP contribution in [0.1, 0.15) is 33.9 Å². The number of hydrogen-bond donors (Lipinski definition) is 2. The molecule has 1 heterocycles. The molecule has 3 aromatic carbocycles. The summed E-state index contributed by atoms with van der Waals surface area (Å²) in [7, 11) is -4.16. The highest BCUT2D eigenvalue weighted by Crippen LogP contribution is 2.38. The van der Waals surface area contributed by atoms with Gasteiger partial charge in [-0.1, -0.05) is 29.3 Å². The average molecular weight is 666 g/mol. The normalized spacial score (nSPS) is 14.1. The number of rotatable bonds is 9. The Balaban J connectivity index is 1.68. The molecule has 0 fully saturated rings. The highest BCUT2D eigenvalue weighted by atomic mass is 35.5. The van der Waals surface area contributed by atoms with E-state index in [0.717, 1.165) is 10.4 Å². The van der Waals surface area contributed by atoms with E-state index in [9.17, 15) is 40.0 Å². The van der Waals surface area contributed by atoms with Crippen LogP contribution in [0.3, 0.4) is 0 Å². The fourth-order valence-corrected chi connectivity index (χ4v) is 6.26. The molecule has 0 spiro atoms. The first-order valence-corrected chi connectivity index (χ1v) is 14.6. The van der Waals surface area contributed by atoms with Crippen LogP contribution in [0, 0.1) is 0 Å². The maximum Gasteiger partial charge on any atom is 0.416 e. The molecule has 4 rings (SSSR count). The third kappa shape index (κ3) is 7.67. The largest absolute Gasteiger partial charge is 0.489 e. The molecule has 3 aromatic rings. The maximum atomic E-state index is 13.4. The smallest absolute Gasteiger partial charge is 0.416 e. The molecule has 0 unspecified atom stereocenters. The van der Waals surface area contributed by atoms with Gasteiger partial charge in [-0.05, 0) is 60.2 Å². The lowest BCUT2D eigenvalue weighted by Gasteiger charge is -2.31. The van der Waals surface area contributed by atoms with E-state index in [-0.39, 0.29) is 50.7 Å². The zero-order valence-corrected chi connectivity index (χ0v) is 24.1. The number of sulfonamides is 1. The molecule has 1 atom stereocenters. The fourth-order valence-electron chi connectivity index (χ4n) is 4.25. The number of carbonyl (C=O) groups is 2. The second-order valence-corrected chi connectivity index (χ2v) is 11.9. The van der Waals surface area contributed by atoms with E-state index in [1.54, 1.807) is 0 Å². The lowest BCUT2D eigenvalue weighted by molar-refractivity contribution is -0.137. The molecular weight excluding hydrogens is 644 g/mol. The number of hydrogen-bond acceptors (Lipinski definition) is 5. The topological polar surface area (TPSA) is 105 Å². The molecule has 16 heteroatoms. The predicted octanol–water partition coefficient (Wildman–Crippen LogP) is 5.84. The predicted molar refractivity (Wildman–Crippen MR) is 148 cm³/mol. The number of nitrogens with one attached hydrogen (secondary N) is 2. The summed E-state index contributed by atoms with van der Waals surface area (Å²) >= 11 is 12.1. The van der Waals surface area contributed by atoms with Gasteiger partial charge in [-0.3, -0.25) is 13.9 Å². The van der Waals surface area contributed by atoms with E-state index >= 15 is 0 Å². The Hall–Kier alpha value is -3.62. The van der Waals surface area contributed by atoms with Crippen molar-refractivity contribution in [1.82, 2.24) is 10.6 Å². The van der Waals surface area contributed by atoms with E-state index in [2.05, 4.69) is 5.32 Å². The van der Waals surface area contributed by atoms with Crippen LogP contribution in [0.4, 0.5) is 27.6 Å². The van der Waals surface area contributed by atoms with Crippen LogP contribution in [0.15, 0.2) is 65.6 Å².